The summed E-state index contributed by atoms with van der Waals surface area (Å²) in [5.74, 6) is 1.26. The fourth-order valence-electron chi connectivity index (χ4n) is 1.19. The summed E-state index contributed by atoms with van der Waals surface area (Å²) in [7, 11) is -2.92. The number of aliphatic hydroxyl groups excluding tert-OH is 2. The second-order valence-corrected chi connectivity index (χ2v) is 6.77. The van der Waals surface area contributed by atoms with Gasteiger partial charge in [-0.05, 0) is 26.0 Å². The Balaban J connectivity index is 3.72. The van der Waals surface area contributed by atoms with Gasteiger partial charge in [-0.25, -0.2) is 0 Å². The zero-order valence-electron chi connectivity index (χ0n) is 10.5. The maximum absolute atomic E-state index is 12.0. The molecule has 0 aliphatic rings. The van der Waals surface area contributed by atoms with Crippen LogP contribution in [0.5, 0.6) is 0 Å². The zero-order valence-corrected chi connectivity index (χ0v) is 12.2. The van der Waals surface area contributed by atoms with Gasteiger partial charge in [0.05, 0.1) is 32.1 Å². The molecule has 17 heavy (non-hydrogen) atoms. The van der Waals surface area contributed by atoms with E-state index >= 15 is 0 Å². The molecule has 0 rings (SSSR count). The molecule has 0 heterocycles. The fraction of sp³-hybridized carbons (Fsp3) is 1.00. The Morgan fingerprint density at radius 3 is 2.35 bits per heavy atom. The van der Waals surface area contributed by atoms with Gasteiger partial charge in [-0.1, -0.05) is 0 Å². The van der Waals surface area contributed by atoms with Crippen molar-refractivity contribution in [2.45, 2.75) is 26.4 Å². The van der Waals surface area contributed by atoms with Crippen molar-refractivity contribution in [1.82, 2.24) is 0 Å². The fourth-order valence-corrected chi connectivity index (χ4v) is 3.96. The van der Waals surface area contributed by atoms with Crippen LogP contribution >= 0.6 is 19.4 Å². The summed E-state index contributed by atoms with van der Waals surface area (Å²) >= 11 is 1.52. The normalized spacial score (nSPS) is 13.9. The molecule has 0 fully saturated rings. The van der Waals surface area contributed by atoms with E-state index in [0.29, 0.717) is 31.5 Å². The second kappa shape index (κ2) is 10.4. The number of aliphatic hydroxyl groups is 2. The van der Waals surface area contributed by atoms with Crippen molar-refractivity contribution in [3.8, 4) is 0 Å². The standard InChI is InChI=1S/C10H23O5PS/c1-3-14-16(13,15-4-2)6-5-7-17-9-10(12)8-11/h10-12H,3-9H2,1-2H3. The van der Waals surface area contributed by atoms with E-state index < -0.39 is 13.7 Å². The van der Waals surface area contributed by atoms with Crippen LogP contribution in [-0.2, 0) is 13.6 Å². The van der Waals surface area contributed by atoms with Crippen molar-refractivity contribution in [3.05, 3.63) is 0 Å². The van der Waals surface area contributed by atoms with E-state index in [1.165, 1.54) is 11.8 Å². The van der Waals surface area contributed by atoms with Crippen LogP contribution in [0.2, 0.25) is 0 Å². The van der Waals surface area contributed by atoms with Crippen LogP contribution in [0.25, 0.3) is 0 Å². The van der Waals surface area contributed by atoms with Crippen molar-refractivity contribution < 1.29 is 23.8 Å². The van der Waals surface area contributed by atoms with Gasteiger partial charge in [-0.2, -0.15) is 11.8 Å². The van der Waals surface area contributed by atoms with Crippen LogP contribution in [0, 0.1) is 0 Å². The van der Waals surface area contributed by atoms with Gasteiger partial charge in [-0.15, -0.1) is 0 Å². The summed E-state index contributed by atoms with van der Waals surface area (Å²) in [5.41, 5.74) is 0. The highest BCUT2D eigenvalue weighted by Crippen LogP contribution is 2.48. The van der Waals surface area contributed by atoms with E-state index in [9.17, 15) is 4.57 Å². The zero-order chi connectivity index (χ0) is 13.1. The van der Waals surface area contributed by atoms with E-state index in [1.54, 1.807) is 13.8 Å². The Morgan fingerprint density at radius 2 is 1.88 bits per heavy atom. The van der Waals surface area contributed by atoms with Crippen LogP contribution in [-0.4, -0.2) is 53.8 Å². The lowest BCUT2D eigenvalue weighted by molar-refractivity contribution is 0.113. The van der Waals surface area contributed by atoms with E-state index in [1.807, 2.05) is 0 Å². The summed E-state index contributed by atoms with van der Waals surface area (Å²) in [6.45, 7) is 4.13. The molecule has 0 radical (unpaired) electrons. The van der Waals surface area contributed by atoms with Gasteiger partial charge in [0.25, 0.3) is 0 Å². The molecule has 0 aromatic heterocycles. The highest BCUT2D eigenvalue weighted by molar-refractivity contribution is 7.99. The summed E-state index contributed by atoms with van der Waals surface area (Å²) in [4.78, 5) is 0. The van der Waals surface area contributed by atoms with Gasteiger partial charge < -0.3 is 19.3 Å². The first kappa shape index (κ1) is 17.4. The molecule has 0 aromatic carbocycles. The second-order valence-electron chi connectivity index (χ2n) is 3.43. The topological polar surface area (TPSA) is 76.0 Å². The summed E-state index contributed by atoms with van der Waals surface area (Å²) in [5, 5.41) is 17.7. The Morgan fingerprint density at radius 1 is 1.29 bits per heavy atom. The minimum absolute atomic E-state index is 0.219. The number of hydrogen-bond donors (Lipinski definition) is 2. The molecule has 1 atom stereocenters. The quantitative estimate of drug-likeness (QED) is 0.445. The largest absolute Gasteiger partial charge is 0.394 e. The maximum Gasteiger partial charge on any atom is 0.330 e. The van der Waals surface area contributed by atoms with Crippen LogP contribution in [0.1, 0.15) is 20.3 Å². The van der Waals surface area contributed by atoms with E-state index in [2.05, 4.69) is 0 Å². The molecule has 0 spiro atoms. The van der Waals surface area contributed by atoms with Crippen LogP contribution in [0.3, 0.4) is 0 Å². The first-order valence-electron chi connectivity index (χ1n) is 5.82. The molecule has 7 heteroatoms. The van der Waals surface area contributed by atoms with Crippen molar-refractivity contribution in [1.29, 1.82) is 0 Å². The first-order chi connectivity index (χ1) is 8.08. The molecule has 5 nitrogen and oxygen atoms in total. The van der Waals surface area contributed by atoms with Crippen LogP contribution in [0.4, 0.5) is 0 Å². The first-order valence-corrected chi connectivity index (χ1v) is 8.71. The molecular weight excluding hydrogens is 263 g/mol. The van der Waals surface area contributed by atoms with Gasteiger partial charge in [0.15, 0.2) is 0 Å². The van der Waals surface area contributed by atoms with Crippen molar-refractivity contribution >= 4 is 19.4 Å². The Hall–Kier alpha value is 0.420. The molecule has 1 unspecified atom stereocenters. The Kier molecular flexibility index (Phi) is 10.6. The molecule has 0 aliphatic heterocycles. The van der Waals surface area contributed by atoms with Crippen molar-refractivity contribution in [2.24, 2.45) is 0 Å². The third kappa shape index (κ3) is 9.05. The van der Waals surface area contributed by atoms with Crippen LogP contribution < -0.4 is 0 Å². The highest BCUT2D eigenvalue weighted by Gasteiger charge is 2.22. The van der Waals surface area contributed by atoms with Gasteiger partial charge in [0.2, 0.25) is 0 Å². The third-order valence-electron chi connectivity index (χ3n) is 1.89. The number of rotatable bonds is 11. The van der Waals surface area contributed by atoms with Gasteiger partial charge >= 0.3 is 7.60 Å². The Labute approximate surface area is 107 Å². The molecule has 0 aromatic rings. The average molecular weight is 286 g/mol. The predicted molar refractivity (Wildman–Crippen MR) is 70.8 cm³/mol. The maximum atomic E-state index is 12.0. The summed E-state index contributed by atoms with van der Waals surface area (Å²) in [6.07, 6.45) is 0.433. The van der Waals surface area contributed by atoms with Crippen LogP contribution in [0.15, 0.2) is 0 Å². The minimum Gasteiger partial charge on any atom is -0.394 e. The molecule has 0 aliphatic carbocycles. The molecule has 0 bridgehead atoms. The monoisotopic (exact) mass is 286 g/mol. The Bertz CT molecular complexity index is 217. The smallest absolute Gasteiger partial charge is 0.330 e. The lowest BCUT2D eigenvalue weighted by atomic mass is 10.4. The SMILES string of the molecule is CCOP(=O)(CCCSCC(O)CO)OCC. The molecule has 0 saturated heterocycles. The molecule has 0 amide bonds. The summed E-state index contributed by atoms with van der Waals surface area (Å²) < 4.78 is 22.3. The third-order valence-corrected chi connectivity index (χ3v) is 5.26. The minimum atomic E-state index is -2.92. The van der Waals surface area contributed by atoms with E-state index in [0.717, 1.165) is 5.75 Å². The van der Waals surface area contributed by atoms with E-state index in [-0.39, 0.29) is 6.61 Å². The number of thioether (sulfide) groups is 1. The van der Waals surface area contributed by atoms with Gasteiger partial charge in [0, 0.05) is 5.75 Å². The summed E-state index contributed by atoms with van der Waals surface area (Å²) in [6, 6.07) is 0. The predicted octanol–water partition coefficient (Wildman–Crippen LogP) is 1.73. The lowest BCUT2D eigenvalue weighted by Gasteiger charge is -2.16. The van der Waals surface area contributed by atoms with E-state index in [4.69, 9.17) is 19.3 Å². The molecule has 104 valence electrons. The van der Waals surface area contributed by atoms with Crippen molar-refractivity contribution in [3.63, 3.8) is 0 Å². The number of hydrogen-bond acceptors (Lipinski definition) is 6. The van der Waals surface area contributed by atoms with Gasteiger partial charge in [-0.3, -0.25) is 4.57 Å². The molecule has 0 saturated carbocycles. The molecular formula is C10H23O5PS. The van der Waals surface area contributed by atoms with Crippen molar-refractivity contribution in [2.75, 3.05) is 37.5 Å². The van der Waals surface area contributed by atoms with Gasteiger partial charge in [0.1, 0.15) is 0 Å². The highest BCUT2D eigenvalue weighted by atomic mass is 32.2. The average Bonchev–Trinajstić information content (AvgIpc) is 2.29. The lowest BCUT2D eigenvalue weighted by Crippen LogP contribution is -2.15. The molecule has 2 N–H and O–H groups in total.